The Bertz CT molecular complexity index is 370. The van der Waals surface area contributed by atoms with Crippen LogP contribution in [0.3, 0.4) is 0 Å². The van der Waals surface area contributed by atoms with Crippen molar-refractivity contribution < 1.29 is 19.5 Å². The maximum absolute atomic E-state index is 11.4. The molecular weight excluding hydrogens is 226 g/mol. The van der Waals surface area contributed by atoms with E-state index in [9.17, 15) is 14.4 Å². The second kappa shape index (κ2) is 5.75. The molecule has 0 radical (unpaired) electrons. The Morgan fingerprint density at radius 1 is 1.47 bits per heavy atom. The van der Waals surface area contributed by atoms with Gasteiger partial charge in [0.05, 0.1) is 12.0 Å². The molecule has 0 aromatic heterocycles. The second-order valence-corrected chi connectivity index (χ2v) is 3.93. The van der Waals surface area contributed by atoms with Gasteiger partial charge in [0.15, 0.2) is 0 Å². The van der Waals surface area contributed by atoms with Crippen LogP contribution in [0.1, 0.15) is 20.3 Å². The molecule has 3 amide bonds. The van der Waals surface area contributed by atoms with E-state index < -0.39 is 35.9 Å². The van der Waals surface area contributed by atoms with E-state index in [1.165, 1.54) is 0 Å². The molecule has 5 N–H and O–H groups in total. The highest BCUT2D eigenvalue weighted by Gasteiger charge is 2.24. The van der Waals surface area contributed by atoms with Gasteiger partial charge in [-0.3, -0.25) is 4.79 Å². The largest absolute Gasteiger partial charge is 0.480 e. The van der Waals surface area contributed by atoms with Crippen LogP contribution in [0.15, 0.2) is 0 Å². The van der Waals surface area contributed by atoms with Gasteiger partial charge < -0.3 is 21.5 Å². The first kappa shape index (κ1) is 14.8. The molecule has 17 heavy (non-hydrogen) atoms. The van der Waals surface area contributed by atoms with E-state index >= 15 is 0 Å². The number of aliphatic carboxylic acids is 1. The molecule has 0 saturated carbocycles. The minimum absolute atomic E-state index is 0.487. The van der Waals surface area contributed by atoms with Crippen LogP contribution in [0.25, 0.3) is 0 Å². The zero-order valence-corrected chi connectivity index (χ0v) is 9.61. The van der Waals surface area contributed by atoms with E-state index in [2.05, 4.69) is 16.6 Å². The highest BCUT2D eigenvalue weighted by Crippen LogP contribution is 1.99. The summed E-state index contributed by atoms with van der Waals surface area (Å²) < 4.78 is 0. The van der Waals surface area contributed by atoms with E-state index in [4.69, 9.17) is 17.3 Å². The van der Waals surface area contributed by atoms with Crippen LogP contribution in [-0.4, -0.2) is 34.6 Å². The average Bonchev–Trinajstić information content (AvgIpc) is 2.15. The maximum Gasteiger partial charge on any atom is 0.326 e. The van der Waals surface area contributed by atoms with Gasteiger partial charge in [0.1, 0.15) is 6.04 Å². The lowest BCUT2D eigenvalue weighted by Crippen LogP contribution is -2.53. The third kappa shape index (κ3) is 6.04. The Hall–Kier alpha value is -2.23. The smallest absolute Gasteiger partial charge is 0.326 e. The first-order chi connectivity index (χ1) is 7.68. The topological polar surface area (TPSA) is 122 Å². The number of carboxylic acids is 1. The molecule has 0 fully saturated rings. The minimum atomic E-state index is -1.37. The lowest BCUT2D eigenvalue weighted by molar-refractivity contribution is -0.140. The summed E-state index contributed by atoms with van der Waals surface area (Å²) in [5, 5.41) is 13.2. The lowest BCUT2D eigenvalue weighted by Gasteiger charge is -2.21. The van der Waals surface area contributed by atoms with Crippen molar-refractivity contribution in [1.29, 1.82) is 0 Å². The molecule has 7 heteroatoms. The van der Waals surface area contributed by atoms with Crippen molar-refractivity contribution in [3.05, 3.63) is 0 Å². The van der Waals surface area contributed by atoms with E-state index in [0.29, 0.717) is 0 Å². The summed E-state index contributed by atoms with van der Waals surface area (Å²) in [6.07, 6.45) is 4.66. The van der Waals surface area contributed by atoms with Crippen molar-refractivity contribution in [3.63, 3.8) is 0 Å². The van der Waals surface area contributed by atoms with Gasteiger partial charge in [-0.2, -0.15) is 0 Å². The number of hydrogen-bond donors (Lipinski definition) is 4. The van der Waals surface area contributed by atoms with Gasteiger partial charge in [-0.05, 0) is 13.8 Å². The van der Waals surface area contributed by atoms with Crippen LogP contribution < -0.4 is 16.4 Å². The van der Waals surface area contributed by atoms with Gasteiger partial charge in [-0.1, -0.05) is 5.92 Å². The first-order valence-corrected chi connectivity index (χ1v) is 4.75. The fourth-order valence-corrected chi connectivity index (χ4v) is 0.916. The number of urea groups is 1. The molecule has 94 valence electrons. The zero-order valence-electron chi connectivity index (χ0n) is 9.61. The van der Waals surface area contributed by atoms with E-state index in [1.807, 2.05) is 0 Å². The third-order valence-electron chi connectivity index (χ3n) is 1.80. The summed E-state index contributed by atoms with van der Waals surface area (Å²) in [5.74, 6) is 0.130. The summed E-state index contributed by atoms with van der Waals surface area (Å²) in [6, 6.07) is -2.15. The Morgan fingerprint density at radius 3 is 2.35 bits per heavy atom. The number of hydrogen-bond acceptors (Lipinski definition) is 3. The fourth-order valence-electron chi connectivity index (χ4n) is 0.916. The number of primary amides is 1. The molecule has 0 aliphatic rings. The molecule has 0 aliphatic carbocycles. The Morgan fingerprint density at radius 2 is 2.00 bits per heavy atom. The molecule has 0 aromatic carbocycles. The molecule has 0 heterocycles. The number of carbonyl (C=O) groups excluding carboxylic acids is 2. The highest BCUT2D eigenvalue weighted by molar-refractivity contribution is 5.87. The van der Waals surface area contributed by atoms with Gasteiger partial charge in [0.2, 0.25) is 5.91 Å². The van der Waals surface area contributed by atoms with Crippen LogP contribution in [0.4, 0.5) is 4.79 Å². The van der Waals surface area contributed by atoms with Crippen LogP contribution >= 0.6 is 0 Å². The van der Waals surface area contributed by atoms with Gasteiger partial charge in [0.25, 0.3) is 0 Å². The standard InChI is InChI=1S/C10H15N3O4/c1-4-10(2,3)13-9(17)12-6(8(15)16)5-7(11)14/h1,6H,5H2,2-3H3,(H2,11,14)(H,15,16)(H2,12,13,17)/t6-/m1/s1. The predicted octanol–water partition coefficient (Wildman–Crippen LogP) is -0.974. The fraction of sp³-hybridized carbons (Fsp3) is 0.500. The van der Waals surface area contributed by atoms with E-state index in [-0.39, 0.29) is 0 Å². The second-order valence-electron chi connectivity index (χ2n) is 3.93. The third-order valence-corrected chi connectivity index (χ3v) is 1.80. The van der Waals surface area contributed by atoms with Crippen molar-refractivity contribution in [2.75, 3.05) is 0 Å². The molecule has 0 spiro atoms. The summed E-state index contributed by atoms with van der Waals surface area (Å²) >= 11 is 0. The number of nitrogens with two attached hydrogens (primary N) is 1. The number of carbonyl (C=O) groups is 3. The molecule has 0 aromatic rings. The molecule has 1 atom stereocenters. The molecule has 0 bridgehead atoms. The first-order valence-electron chi connectivity index (χ1n) is 4.75. The molecule has 0 aliphatic heterocycles. The van der Waals surface area contributed by atoms with Crippen molar-refractivity contribution in [3.8, 4) is 12.3 Å². The summed E-state index contributed by atoms with van der Waals surface area (Å²) in [6.45, 7) is 3.13. The van der Waals surface area contributed by atoms with Crippen LogP contribution in [0, 0.1) is 12.3 Å². The summed E-state index contributed by atoms with van der Waals surface area (Å²) in [4.78, 5) is 32.7. The van der Waals surface area contributed by atoms with Crippen LogP contribution in [0.2, 0.25) is 0 Å². The number of carboxylic acid groups (broad SMARTS) is 1. The zero-order chi connectivity index (χ0) is 13.6. The van der Waals surface area contributed by atoms with Crippen molar-refractivity contribution in [1.82, 2.24) is 10.6 Å². The molecule has 0 saturated heterocycles. The van der Waals surface area contributed by atoms with Crippen molar-refractivity contribution >= 4 is 17.9 Å². The van der Waals surface area contributed by atoms with Gasteiger partial charge in [0, 0.05) is 0 Å². The van der Waals surface area contributed by atoms with Gasteiger partial charge in [-0.25, -0.2) is 9.59 Å². The highest BCUT2D eigenvalue weighted by atomic mass is 16.4. The van der Waals surface area contributed by atoms with Crippen LogP contribution in [-0.2, 0) is 9.59 Å². The van der Waals surface area contributed by atoms with Crippen molar-refractivity contribution in [2.45, 2.75) is 31.8 Å². The monoisotopic (exact) mass is 241 g/mol. The van der Waals surface area contributed by atoms with Crippen LogP contribution in [0.5, 0.6) is 0 Å². The number of nitrogens with one attached hydrogen (secondary N) is 2. The quantitative estimate of drug-likeness (QED) is 0.462. The predicted molar refractivity (Wildman–Crippen MR) is 59.8 cm³/mol. The van der Waals surface area contributed by atoms with Crippen molar-refractivity contribution in [2.24, 2.45) is 5.73 Å². The maximum atomic E-state index is 11.4. The summed E-state index contributed by atoms with van der Waals surface area (Å²) in [7, 11) is 0. The van der Waals surface area contributed by atoms with E-state index in [0.717, 1.165) is 0 Å². The molecule has 0 rings (SSSR count). The Kier molecular flexibility index (Phi) is 4.99. The SMILES string of the molecule is C#CC(C)(C)NC(=O)N[C@H](CC(N)=O)C(=O)O. The van der Waals surface area contributed by atoms with Gasteiger partial charge >= 0.3 is 12.0 Å². The molecule has 0 unspecified atom stereocenters. The lowest BCUT2D eigenvalue weighted by atomic mass is 10.1. The summed E-state index contributed by atoms with van der Waals surface area (Å²) in [5.41, 5.74) is 3.94. The number of rotatable bonds is 5. The Labute approximate surface area is 98.7 Å². The van der Waals surface area contributed by atoms with Gasteiger partial charge in [-0.15, -0.1) is 6.42 Å². The normalized spacial score (nSPS) is 12.1. The number of terminal acetylenes is 1. The Balaban J connectivity index is 4.48. The minimum Gasteiger partial charge on any atom is -0.480 e. The van der Waals surface area contributed by atoms with E-state index in [1.54, 1.807) is 13.8 Å². The average molecular weight is 241 g/mol. The molecular formula is C10H15N3O4. The number of amides is 3. The molecule has 7 nitrogen and oxygen atoms in total.